The van der Waals surface area contributed by atoms with Crippen molar-refractivity contribution in [3.8, 4) is 11.8 Å². The third kappa shape index (κ3) is 2.98. The highest BCUT2D eigenvalue weighted by Gasteiger charge is 2.06. The fourth-order valence-electron chi connectivity index (χ4n) is 2.25. The summed E-state index contributed by atoms with van der Waals surface area (Å²) in [6.45, 7) is 1.93. The Morgan fingerprint density at radius 1 is 1.04 bits per heavy atom. The highest BCUT2D eigenvalue weighted by atomic mass is 32.1. The zero-order valence-electron chi connectivity index (χ0n) is 12.2. The lowest BCUT2D eigenvalue weighted by atomic mass is 10.1. The minimum Gasteiger partial charge on any atom is -0.436 e. The van der Waals surface area contributed by atoms with Gasteiger partial charge in [-0.1, -0.05) is 24.1 Å². The lowest BCUT2D eigenvalue weighted by Crippen LogP contribution is -1.88. The summed E-state index contributed by atoms with van der Waals surface area (Å²) in [5.41, 5.74) is 1.63. The number of nitro benzene ring substituents is 1. The fraction of sp³-hybridized carbons (Fsp3) is 0.0556. The average molecular weight is 321 g/mol. The summed E-state index contributed by atoms with van der Waals surface area (Å²) in [6.07, 6.45) is 0. The van der Waals surface area contributed by atoms with E-state index in [1.807, 2.05) is 31.2 Å². The van der Waals surface area contributed by atoms with Crippen LogP contribution < -0.4 is 0 Å². The van der Waals surface area contributed by atoms with E-state index in [4.69, 9.17) is 16.6 Å². The molecule has 1 aromatic heterocycles. The first kappa shape index (κ1) is 14.9. The van der Waals surface area contributed by atoms with Gasteiger partial charge in [0.25, 0.3) is 5.69 Å². The van der Waals surface area contributed by atoms with E-state index in [9.17, 15) is 10.1 Å². The molecule has 0 atom stereocenters. The molecular weight excluding hydrogens is 310 g/mol. The van der Waals surface area contributed by atoms with Crippen LogP contribution in [0.1, 0.15) is 16.9 Å². The summed E-state index contributed by atoms with van der Waals surface area (Å²) in [5, 5.41) is 12.5. The molecule has 2 aromatic carbocycles. The van der Waals surface area contributed by atoms with Gasteiger partial charge in [0.05, 0.1) is 4.92 Å². The van der Waals surface area contributed by atoms with E-state index < -0.39 is 4.92 Å². The third-order valence-corrected chi connectivity index (χ3v) is 3.79. The second-order valence-corrected chi connectivity index (χ2v) is 5.31. The summed E-state index contributed by atoms with van der Waals surface area (Å²) >= 11 is 5.27. The van der Waals surface area contributed by atoms with E-state index in [0.717, 1.165) is 16.3 Å². The van der Waals surface area contributed by atoms with Crippen molar-refractivity contribution in [2.24, 2.45) is 0 Å². The number of nitrogens with zero attached hydrogens (tertiary/aromatic N) is 1. The molecule has 0 N–H and O–H groups in total. The third-order valence-electron chi connectivity index (χ3n) is 3.48. The number of hydrogen-bond acceptors (Lipinski definition) is 4. The molecule has 112 valence electrons. The Hall–Kier alpha value is -2.97. The van der Waals surface area contributed by atoms with Gasteiger partial charge in [0, 0.05) is 28.6 Å². The van der Waals surface area contributed by atoms with Gasteiger partial charge in [-0.3, -0.25) is 10.1 Å². The minimum atomic E-state index is -0.441. The van der Waals surface area contributed by atoms with Gasteiger partial charge in [-0.2, -0.15) is 0 Å². The quantitative estimate of drug-likeness (QED) is 0.280. The van der Waals surface area contributed by atoms with Crippen molar-refractivity contribution < 1.29 is 9.34 Å². The summed E-state index contributed by atoms with van der Waals surface area (Å²) in [4.78, 5) is 10.2. The SMILES string of the molecule is Cc1c(C#Cc2ccc([N+](=O)[O-])cc2)oc(=S)c2ccccc12. The van der Waals surface area contributed by atoms with E-state index in [1.165, 1.54) is 12.1 Å². The van der Waals surface area contributed by atoms with Gasteiger partial charge in [0.2, 0.25) is 0 Å². The van der Waals surface area contributed by atoms with Crippen LogP contribution >= 0.6 is 12.2 Å². The van der Waals surface area contributed by atoms with Gasteiger partial charge in [0.15, 0.2) is 10.5 Å². The summed E-state index contributed by atoms with van der Waals surface area (Å²) < 4.78 is 6.04. The highest BCUT2D eigenvalue weighted by Crippen LogP contribution is 2.23. The molecule has 3 aromatic rings. The predicted molar refractivity (Wildman–Crippen MR) is 90.9 cm³/mol. The van der Waals surface area contributed by atoms with Crippen LogP contribution in [0.2, 0.25) is 0 Å². The monoisotopic (exact) mass is 321 g/mol. The molecular formula is C18H11NO3S. The van der Waals surface area contributed by atoms with Crippen molar-refractivity contribution in [3.63, 3.8) is 0 Å². The molecule has 0 radical (unpaired) electrons. The molecule has 0 aliphatic carbocycles. The van der Waals surface area contributed by atoms with Gasteiger partial charge in [-0.25, -0.2) is 0 Å². The van der Waals surface area contributed by atoms with Crippen LogP contribution in [0, 0.1) is 33.6 Å². The van der Waals surface area contributed by atoms with Crippen molar-refractivity contribution >= 4 is 28.7 Å². The molecule has 4 nitrogen and oxygen atoms in total. The topological polar surface area (TPSA) is 56.3 Å². The Bertz CT molecular complexity index is 1020. The van der Waals surface area contributed by atoms with Crippen LogP contribution in [0.3, 0.4) is 0 Å². The fourth-order valence-corrected chi connectivity index (χ4v) is 2.51. The normalized spacial score (nSPS) is 10.1. The Kier molecular flexibility index (Phi) is 3.92. The molecule has 0 saturated carbocycles. The molecule has 3 rings (SSSR count). The van der Waals surface area contributed by atoms with Gasteiger partial charge in [-0.05, 0) is 48.6 Å². The van der Waals surface area contributed by atoms with Crippen LogP contribution in [0.15, 0.2) is 52.9 Å². The van der Waals surface area contributed by atoms with Gasteiger partial charge in [-0.15, -0.1) is 0 Å². The molecule has 1 heterocycles. The van der Waals surface area contributed by atoms with Crippen molar-refractivity contribution in [1.82, 2.24) is 0 Å². The maximum absolute atomic E-state index is 10.6. The van der Waals surface area contributed by atoms with Crippen molar-refractivity contribution in [3.05, 3.63) is 80.2 Å². The zero-order chi connectivity index (χ0) is 16.4. The Balaban J connectivity index is 2.04. The van der Waals surface area contributed by atoms with Crippen molar-refractivity contribution in [1.29, 1.82) is 0 Å². The van der Waals surface area contributed by atoms with Gasteiger partial charge >= 0.3 is 0 Å². The summed E-state index contributed by atoms with van der Waals surface area (Å²) in [5.74, 6) is 6.41. The van der Waals surface area contributed by atoms with Gasteiger partial charge in [0.1, 0.15) is 0 Å². The minimum absolute atomic E-state index is 0.0370. The highest BCUT2D eigenvalue weighted by molar-refractivity contribution is 7.71. The van der Waals surface area contributed by atoms with Crippen molar-refractivity contribution in [2.45, 2.75) is 6.92 Å². The standard InChI is InChI=1S/C18H11NO3S/c1-12-15-4-2-3-5-16(15)18(23)22-17(12)11-8-13-6-9-14(10-7-13)19(20)21/h2-7,9-10H,1H3. The first-order valence-corrected chi connectivity index (χ1v) is 7.26. The molecule has 0 spiro atoms. The predicted octanol–water partition coefficient (Wildman–Crippen LogP) is 4.78. The van der Waals surface area contributed by atoms with E-state index in [0.29, 0.717) is 16.0 Å². The van der Waals surface area contributed by atoms with Crippen LogP contribution in [-0.4, -0.2) is 4.92 Å². The molecule has 0 saturated heterocycles. The molecule has 0 fully saturated rings. The molecule has 0 bridgehead atoms. The number of non-ortho nitro benzene ring substituents is 1. The van der Waals surface area contributed by atoms with Gasteiger partial charge < -0.3 is 4.42 Å². The van der Waals surface area contributed by atoms with Crippen LogP contribution in [0.4, 0.5) is 5.69 Å². The van der Waals surface area contributed by atoms with E-state index in [-0.39, 0.29) is 5.69 Å². The molecule has 0 amide bonds. The largest absolute Gasteiger partial charge is 0.436 e. The molecule has 0 aliphatic rings. The number of hydrogen-bond donors (Lipinski definition) is 0. The number of aryl methyl sites for hydroxylation is 1. The lowest BCUT2D eigenvalue weighted by molar-refractivity contribution is -0.384. The number of benzene rings is 2. The Morgan fingerprint density at radius 3 is 2.35 bits per heavy atom. The first-order valence-electron chi connectivity index (χ1n) is 6.85. The van der Waals surface area contributed by atoms with Crippen LogP contribution in [0.25, 0.3) is 10.8 Å². The maximum Gasteiger partial charge on any atom is 0.269 e. The number of rotatable bonds is 1. The second kappa shape index (κ2) is 6.03. The number of fused-ring (bicyclic) bond motifs is 1. The summed E-state index contributed by atoms with van der Waals surface area (Å²) in [6, 6.07) is 13.8. The number of nitro groups is 1. The average Bonchev–Trinajstić information content (AvgIpc) is 2.57. The smallest absolute Gasteiger partial charge is 0.269 e. The first-order chi connectivity index (χ1) is 11.1. The lowest BCUT2D eigenvalue weighted by Gasteiger charge is -2.03. The molecule has 23 heavy (non-hydrogen) atoms. The second-order valence-electron chi connectivity index (χ2n) is 4.94. The molecule has 0 aliphatic heterocycles. The molecule has 5 heteroatoms. The Labute approximate surface area is 137 Å². The van der Waals surface area contributed by atoms with E-state index in [2.05, 4.69) is 11.8 Å². The van der Waals surface area contributed by atoms with Crippen LogP contribution in [0.5, 0.6) is 0 Å². The Morgan fingerprint density at radius 2 is 1.70 bits per heavy atom. The summed E-state index contributed by atoms with van der Waals surface area (Å²) in [7, 11) is 0. The maximum atomic E-state index is 10.6. The van der Waals surface area contributed by atoms with E-state index in [1.54, 1.807) is 12.1 Å². The molecule has 0 unspecified atom stereocenters. The zero-order valence-corrected chi connectivity index (χ0v) is 13.0. The van der Waals surface area contributed by atoms with Crippen molar-refractivity contribution in [2.75, 3.05) is 0 Å². The van der Waals surface area contributed by atoms with Crippen LogP contribution in [-0.2, 0) is 0 Å². The van der Waals surface area contributed by atoms with E-state index >= 15 is 0 Å².